The first-order valence-electron chi connectivity index (χ1n) is 9.04. The van der Waals surface area contributed by atoms with Crippen LogP contribution in [0, 0.1) is 6.92 Å². The van der Waals surface area contributed by atoms with Gasteiger partial charge in [-0.05, 0) is 32.4 Å². The summed E-state index contributed by atoms with van der Waals surface area (Å²) in [7, 11) is 0. The first-order valence-corrected chi connectivity index (χ1v) is 9.04. The van der Waals surface area contributed by atoms with Crippen LogP contribution < -0.4 is 11.0 Å². The smallest absolute Gasteiger partial charge is 0.352 e. The van der Waals surface area contributed by atoms with E-state index in [1.54, 1.807) is 13.0 Å². The standard InChI is InChI=1S/C19H20F3N5O2/c1-4-11(2)23-16(28)10-26-18(29)27-15(25-26)9-12(3)24-17(27)13-5-7-14(8-6-13)19(20,21)22/h5-9,11H,4,10H2,1-3H3,(H,23,28)/t11-/m0/s1. The van der Waals surface area contributed by atoms with Gasteiger partial charge < -0.3 is 5.32 Å². The largest absolute Gasteiger partial charge is 0.416 e. The zero-order valence-corrected chi connectivity index (χ0v) is 16.1. The fraction of sp³-hybridized carbons (Fsp3) is 0.368. The maximum absolute atomic E-state index is 12.8. The number of nitrogens with one attached hydrogen (secondary N) is 1. The predicted octanol–water partition coefficient (Wildman–Crippen LogP) is 2.80. The van der Waals surface area contributed by atoms with Crippen LogP contribution in [-0.2, 0) is 17.5 Å². The number of aromatic nitrogens is 4. The highest BCUT2D eigenvalue weighted by molar-refractivity contribution is 5.76. The molecule has 0 unspecified atom stereocenters. The van der Waals surface area contributed by atoms with Crippen molar-refractivity contribution < 1.29 is 18.0 Å². The second-order valence-electron chi connectivity index (χ2n) is 6.81. The van der Waals surface area contributed by atoms with Crippen molar-refractivity contribution in [1.29, 1.82) is 0 Å². The van der Waals surface area contributed by atoms with Crippen molar-refractivity contribution in [2.45, 2.75) is 46.0 Å². The molecule has 0 saturated carbocycles. The Morgan fingerprint density at radius 2 is 1.90 bits per heavy atom. The van der Waals surface area contributed by atoms with E-state index in [9.17, 15) is 22.8 Å². The normalized spacial score (nSPS) is 12.9. The van der Waals surface area contributed by atoms with E-state index in [4.69, 9.17) is 0 Å². The summed E-state index contributed by atoms with van der Waals surface area (Å²) in [6.07, 6.45) is -3.72. The lowest BCUT2D eigenvalue weighted by atomic mass is 10.1. The van der Waals surface area contributed by atoms with Gasteiger partial charge in [-0.25, -0.2) is 18.9 Å². The maximum Gasteiger partial charge on any atom is 0.416 e. The van der Waals surface area contributed by atoms with Crippen LogP contribution in [0.1, 0.15) is 31.5 Å². The Hall–Kier alpha value is -3.17. The maximum atomic E-state index is 12.8. The average molecular weight is 407 g/mol. The molecule has 2 aromatic heterocycles. The molecule has 0 fully saturated rings. The Labute approximate surface area is 164 Å². The first kappa shape index (κ1) is 20.6. The van der Waals surface area contributed by atoms with Gasteiger partial charge in [0.05, 0.1) is 5.56 Å². The first-order chi connectivity index (χ1) is 13.6. The van der Waals surface area contributed by atoms with Gasteiger partial charge in [-0.1, -0.05) is 19.1 Å². The minimum Gasteiger partial charge on any atom is -0.352 e. The van der Waals surface area contributed by atoms with Crippen LogP contribution in [0.3, 0.4) is 0 Å². The summed E-state index contributed by atoms with van der Waals surface area (Å²) in [6, 6.07) is 5.90. The average Bonchev–Trinajstić information content (AvgIpc) is 2.95. The number of halogens is 3. The molecule has 0 aliphatic heterocycles. The second-order valence-corrected chi connectivity index (χ2v) is 6.81. The van der Waals surface area contributed by atoms with Crippen molar-refractivity contribution in [3.63, 3.8) is 0 Å². The molecule has 0 aliphatic carbocycles. The molecule has 0 bridgehead atoms. The highest BCUT2D eigenvalue weighted by Crippen LogP contribution is 2.30. The van der Waals surface area contributed by atoms with Crippen LogP contribution in [0.25, 0.3) is 17.0 Å². The number of aryl methyl sites for hydroxylation is 1. The predicted molar refractivity (Wildman–Crippen MR) is 100 cm³/mol. The lowest BCUT2D eigenvalue weighted by Crippen LogP contribution is -2.37. The number of fused-ring (bicyclic) bond motifs is 1. The van der Waals surface area contributed by atoms with Crippen molar-refractivity contribution >= 4 is 11.6 Å². The molecule has 0 saturated heterocycles. The van der Waals surface area contributed by atoms with Gasteiger partial charge in [-0.2, -0.15) is 13.2 Å². The third-order valence-corrected chi connectivity index (χ3v) is 4.48. The highest BCUT2D eigenvalue weighted by Gasteiger charge is 2.30. The molecule has 1 amide bonds. The minimum atomic E-state index is -4.46. The summed E-state index contributed by atoms with van der Waals surface area (Å²) >= 11 is 0. The topological polar surface area (TPSA) is 81.3 Å². The van der Waals surface area contributed by atoms with Crippen LogP contribution in [-0.4, -0.2) is 31.1 Å². The van der Waals surface area contributed by atoms with E-state index in [2.05, 4.69) is 15.4 Å². The van der Waals surface area contributed by atoms with E-state index in [1.807, 2.05) is 13.8 Å². The monoisotopic (exact) mass is 407 g/mol. The lowest BCUT2D eigenvalue weighted by Gasteiger charge is -2.10. The third-order valence-electron chi connectivity index (χ3n) is 4.48. The number of alkyl halides is 3. The Balaban J connectivity index is 2.04. The summed E-state index contributed by atoms with van der Waals surface area (Å²) in [5, 5.41) is 6.93. The van der Waals surface area contributed by atoms with Crippen LogP contribution in [0.2, 0.25) is 0 Å². The zero-order valence-electron chi connectivity index (χ0n) is 16.1. The van der Waals surface area contributed by atoms with Gasteiger partial charge in [-0.15, -0.1) is 5.10 Å². The SMILES string of the molecule is CC[C@H](C)NC(=O)Cn1nc2cc(C)nc(-c3ccc(C(F)(F)F)cc3)n2c1=O. The molecule has 10 heteroatoms. The Bertz CT molecular complexity index is 1100. The van der Waals surface area contributed by atoms with Crippen LogP contribution in [0.4, 0.5) is 13.2 Å². The fourth-order valence-corrected chi connectivity index (χ4v) is 2.82. The van der Waals surface area contributed by atoms with Gasteiger partial charge in [0.1, 0.15) is 12.4 Å². The van der Waals surface area contributed by atoms with Crippen molar-refractivity contribution in [3.05, 3.63) is 52.1 Å². The molecule has 2 heterocycles. The molecule has 0 radical (unpaired) electrons. The minimum absolute atomic E-state index is 0.0400. The van der Waals surface area contributed by atoms with E-state index in [0.717, 1.165) is 23.2 Å². The molecule has 1 N–H and O–H groups in total. The fourth-order valence-electron chi connectivity index (χ4n) is 2.82. The Kier molecular flexibility index (Phi) is 5.45. The summed E-state index contributed by atoms with van der Waals surface area (Å²) in [5.41, 5.74) is -0.267. The summed E-state index contributed by atoms with van der Waals surface area (Å²) in [6.45, 7) is 5.19. The number of rotatable bonds is 5. The Morgan fingerprint density at radius 1 is 1.24 bits per heavy atom. The van der Waals surface area contributed by atoms with Crippen LogP contribution in [0.5, 0.6) is 0 Å². The molecule has 154 valence electrons. The van der Waals surface area contributed by atoms with Gasteiger partial charge in [0.25, 0.3) is 0 Å². The zero-order chi connectivity index (χ0) is 21.3. The number of hydrogen-bond donors (Lipinski definition) is 1. The number of carbonyl (C=O) groups excluding carboxylic acids is 1. The van der Waals surface area contributed by atoms with Crippen molar-refractivity contribution in [1.82, 2.24) is 24.5 Å². The number of carbonyl (C=O) groups is 1. The lowest BCUT2D eigenvalue weighted by molar-refractivity contribution is -0.137. The summed E-state index contributed by atoms with van der Waals surface area (Å²) in [5.74, 6) is -0.196. The van der Waals surface area contributed by atoms with Gasteiger partial charge in [-0.3, -0.25) is 4.79 Å². The number of hydrogen-bond acceptors (Lipinski definition) is 4. The van der Waals surface area contributed by atoms with Gasteiger partial charge in [0.2, 0.25) is 5.91 Å². The molecular formula is C19H20F3N5O2. The summed E-state index contributed by atoms with van der Waals surface area (Å²) < 4.78 is 40.7. The molecule has 3 rings (SSSR count). The number of benzene rings is 1. The molecule has 29 heavy (non-hydrogen) atoms. The van der Waals surface area contributed by atoms with Gasteiger partial charge in [0.15, 0.2) is 5.65 Å². The van der Waals surface area contributed by atoms with E-state index in [0.29, 0.717) is 11.3 Å². The molecule has 3 aromatic rings. The number of nitrogens with zero attached hydrogens (tertiary/aromatic N) is 4. The second kappa shape index (κ2) is 7.69. The van der Waals surface area contributed by atoms with Gasteiger partial charge >= 0.3 is 11.9 Å². The molecular weight excluding hydrogens is 387 g/mol. The van der Waals surface area contributed by atoms with E-state index in [1.165, 1.54) is 16.5 Å². The Morgan fingerprint density at radius 3 is 2.48 bits per heavy atom. The van der Waals surface area contributed by atoms with Crippen LogP contribution >= 0.6 is 0 Å². The van der Waals surface area contributed by atoms with Crippen molar-refractivity contribution in [3.8, 4) is 11.4 Å². The van der Waals surface area contributed by atoms with Crippen molar-refractivity contribution in [2.75, 3.05) is 0 Å². The summed E-state index contributed by atoms with van der Waals surface area (Å²) in [4.78, 5) is 29.2. The number of amides is 1. The molecule has 7 nitrogen and oxygen atoms in total. The highest BCUT2D eigenvalue weighted by atomic mass is 19.4. The molecule has 0 spiro atoms. The van der Waals surface area contributed by atoms with Gasteiger partial charge in [0, 0.05) is 23.4 Å². The molecule has 1 atom stereocenters. The van der Waals surface area contributed by atoms with E-state index >= 15 is 0 Å². The molecule has 1 aromatic carbocycles. The molecule has 0 aliphatic rings. The van der Waals surface area contributed by atoms with E-state index < -0.39 is 17.4 Å². The van der Waals surface area contributed by atoms with Crippen molar-refractivity contribution in [2.24, 2.45) is 0 Å². The van der Waals surface area contributed by atoms with Crippen LogP contribution in [0.15, 0.2) is 35.1 Å². The van der Waals surface area contributed by atoms with E-state index in [-0.39, 0.29) is 30.0 Å². The quantitative estimate of drug-likeness (QED) is 0.705. The third kappa shape index (κ3) is 4.30.